The smallest absolute Gasteiger partial charge is 0.345 e. The molecule has 3 N–H and O–H groups in total. The van der Waals surface area contributed by atoms with Gasteiger partial charge in [-0.1, -0.05) is 18.2 Å². The van der Waals surface area contributed by atoms with Gasteiger partial charge < -0.3 is 10.1 Å². The van der Waals surface area contributed by atoms with E-state index in [4.69, 9.17) is 9.88 Å². The van der Waals surface area contributed by atoms with E-state index in [-0.39, 0.29) is 16.1 Å². The van der Waals surface area contributed by atoms with Gasteiger partial charge in [0, 0.05) is 11.8 Å². The highest BCUT2D eigenvalue weighted by Crippen LogP contribution is 2.22. The van der Waals surface area contributed by atoms with E-state index < -0.39 is 39.1 Å². The second kappa shape index (κ2) is 7.93. The van der Waals surface area contributed by atoms with E-state index in [0.29, 0.717) is 5.56 Å². The molecule has 1 amide bonds. The zero-order valence-electron chi connectivity index (χ0n) is 14.0. The first kappa shape index (κ1) is 20.0. The number of primary sulfonamides is 1. The van der Waals surface area contributed by atoms with Crippen molar-refractivity contribution in [3.8, 4) is 0 Å². The maximum atomic E-state index is 12.1. The zero-order chi connectivity index (χ0) is 20.2. The number of benzene rings is 2. The molecule has 0 bridgehead atoms. The molecule has 142 valence electrons. The molecule has 2 aromatic carbocycles. The van der Waals surface area contributed by atoms with Crippen LogP contribution in [0.25, 0.3) is 0 Å². The van der Waals surface area contributed by atoms with E-state index in [1.165, 1.54) is 37.3 Å². The molecule has 0 saturated carbocycles. The van der Waals surface area contributed by atoms with Gasteiger partial charge in [-0.2, -0.15) is 0 Å². The highest BCUT2D eigenvalue weighted by atomic mass is 32.2. The molecule has 0 fully saturated rings. The standard InChI is InChI=1S/C16H15N3O7S/c1-10-4-2-7-13(19(22)23)15(10)16(21)26-9-14(20)18-11-5-3-6-12(8-11)27(17,24)25/h2-8H,9H2,1H3,(H,18,20)(H2,17,24,25). The minimum atomic E-state index is -3.94. The number of nitrogens with one attached hydrogen (secondary N) is 1. The lowest BCUT2D eigenvalue weighted by atomic mass is 10.1. The summed E-state index contributed by atoms with van der Waals surface area (Å²) in [6.07, 6.45) is 0. The van der Waals surface area contributed by atoms with E-state index >= 15 is 0 Å². The van der Waals surface area contributed by atoms with Gasteiger partial charge in [-0.3, -0.25) is 14.9 Å². The number of sulfonamides is 1. The van der Waals surface area contributed by atoms with Gasteiger partial charge >= 0.3 is 5.97 Å². The molecule has 0 aromatic heterocycles. The van der Waals surface area contributed by atoms with Crippen LogP contribution < -0.4 is 10.5 Å². The topological polar surface area (TPSA) is 159 Å². The lowest BCUT2D eigenvalue weighted by molar-refractivity contribution is -0.385. The minimum Gasteiger partial charge on any atom is -0.452 e. The van der Waals surface area contributed by atoms with Crippen molar-refractivity contribution in [2.24, 2.45) is 5.14 Å². The number of nitrogens with zero attached hydrogens (tertiary/aromatic N) is 1. The number of esters is 1. The van der Waals surface area contributed by atoms with Crippen molar-refractivity contribution in [1.82, 2.24) is 0 Å². The number of hydrogen-bond acceptors (Lipinski definition) is 7. The molecule has 0 heterocycles. The van der Waals surface area contributed by atoms with E-state index in [0.717, 1.165) is 12.1 Å². The molecule has 0 unspecified atom stereocenters. The predicted octanol–water partition coefficient (Wildman–Crippen LogP) is 1.35. The minimum absolute atomic E-state index is 0.129. The van der Waals surface area contributed by atoms with E-state index in [9.17, 15) is 28.1 Å². The Hall–Kier alpha value is -3.31. The Morgan fingerprint density at radius 2 is 1.89 bits per heavy atom. The van der Waals surface area contributed by atoms with Gasteiger partial charge in [0.15, 0.2) is 6.61 Å². The van der Waals surface area contributed by atoms with Crippen molar-refractivity contribution < 1.29 is 27.7 Å². The number of aryl methyl sites for hydroxylation is 1. The summed E-state index contributed by atoms with van der Waals surface area (Å²) in [6, 6.07) is 9.27. The predicted molar refractivity (Wildman–Crippen MR) is 94.6 cm³/mol. The van der Waals surface area contributed by atoms with Gasteiger partial charge in [-0.15, -0.1) is 0 Å². The average Bonchev–Trinajstić information content (AvgIpc) is 2.59. The maximum absolute atomic E-state index is 12.1. The zero-order valence-corrected chi connectivity index (χ0v) is 14.9. The fourth-order valence-corrected chi connectivity index (χ4v) is 2.78. The summed E-state index contributed by atoms with van der Waals surface area (Å²) >= 11 is 0. The molecule has 11 heteroatoms. The number of nitrogens with two attached hydrogens (primary N) is 1. The third-order valence-corrected chi connectivity index (χ3v) is 4.34. The van der Waals surface area contributed by atoms with Crippen LogP contribution in [0.5, 0.6) is 0 Å². The fraction of sp³-hybridized carbons (Fsp3) is 0.125. The molecule has 0 aliphatic heterocycles. The number of hydrogen-bond donors (Lipinski definition) is 2. The molecule has 0 aliphatic carbocycles. The number of ether oxygens (including phenoxy) is 1. The van der Waals surface area contributed by atoms with Gasteiger partial charge in [0.25, 0.3) is 11.6 Å². The number of anilines is 1. The van der Waals surface area contributed by atoms with Crippen LogP contribution in [-0.2, 0) is 19.6 Å². The highest BCUT2D eigenvalue weighted by Gasteiger charge is 2.24. The Labute approximate surface area is 154 Å². The molecule has 10 nitrogen and oxygen atoms in total. The van der Waals surface area contributed by atoms with Crippen molar-refractivity contribution in [3.05, 3.63) is 63.7 Å². The van der Waals surface area contributed by atoms with Crippen LogP contribution in [0.3, 0.4) is 0 Å². The van der Waals surface area contributed by atoms with Gasteiger partial charge in [0.1, 0.15) is 5.56 Å². The molecule has 0 atom stereocenters. The molecular formula is C16H15N3O7S. The second-order valence-electron chi connectivity index (χ2n) is 5.42. The fourth-order valence-electron chi connectivity index (χ4n) is 2.22. The van der Waals surface area contributed by atoms with Crippen molar-refractivity contribution in [2.75, 3.05) is 11.9 Å². The van der Waals surface area contributed by atoms with Gasteiger partial charge in [-0.05, 0) is 30.7 Å². The SMILES string of the molecule is Cc1cccc([N+](=O)[O-])c1C(=O)OCC(=O)Nc1cccc(S(N)(=O)=O)c1. The van der Waals surface area contributed by atoms with E-state index in [1.807, 2.05) is 0 Å². The van der Waals surface area contributed by atoms with Crippen LogP contribution in [0, 0.1) is 17.0 Å². The summed E-state index contributed by atoms with van der Waals surface area (Å²) in [4.78, 5) is 34.1. The maximum Gasteiger partial charge on any atom is 0.345 e. The normalized spacial score (nSPS) is 10.9. The quantitative estimate of drug-likeness (QED) is 0.425. The summed E-state index contributed by atoms with van der Waals surface area (Å²) < 4.78 is 27.4. The van der Waals surface area contributed by atoms with Gasteiger partial charge in [0.2, 0.25) is 10.0 Å². The Bertz CT molecular complexity index is 1020. The van der Waals surface area contributed by atoms with Crippen LogP contribution in [0.2, 0.25) is 0 Å². The number of amides is 1. The van der Waals surface area contributed by atoms with Gasteiger partial charge in [-0.25, -0.2) is 18.4 Å². The first-order valence-corrected chi connectivity index (χ1v) is 8.98. The number of nitro benzene ring substituents is 1. The number of nitro groups is 1. The first-order chi connectivity index (χ1) is 12.6. The molecule has 0 radical (unpaired) electrons. The number of rotatable bonds is 6. The lowest BCUT2D eigenvalue weighted by Gasteiger charge is -2.09. The van der Waals surface area contributed by atoms with E-state index in [2.05, 4.69) is 5.32 Å². The molecule has 27 heavy (non-hydrogen) atoms. The molecule has 0 aliphatic rings. The summed E-state index contributed by atoms with van der Waals surface area (Å²) in [5.74, 6) is -1.78. The van der Waals surface area contributed by atoms with Crippen LogP contribution in [0.15, 0.2) is 47.4 Å². The van der Waals surface area contributed by atoms with Crippen molar-refractivity contribution >= 4 is 33.3 Å². The summed E-state index contributed by atoms with van der Waals surface area (Å²) in [5.41, 5.74) is -0.215. The Morgan fingerprint density at radius 1 is 1.22 bits per heavy atom. The van der Waals surface area contributed by atoms with Crippen LogP contribution >= 0.6 is 0 Å². The molecule has 0 spiro atoms. The first-order valence-electron chi connectivity index (χ1n) is 7.43. The second-order valence-corrected chi connectivity index (χ2v) is 6.98. The van der Waals surface area contributed by atoms with Crippen LogP contribution in [-0.4, -0.2) is 31.8 Å². The molecule has 2 rings (SSSR count). The third-order valence-electron chi connectivity index (χ3n) is 3.43. The van der Waals surface area contributed by atoms with Crippen LogP contribution in [0.1, 0.15) is 15.9 Å². The Balaban J connectivity index is 2.07. The molecule has 2 aromatic rings. The summed E-state index contributed by atoms with van der Waals surface area (Å²) in [7, 11) is -3.94. The Morgan fingerprint density at radius 3 is 2.52 bits per heavy atom. The monoisotopic (exact) mass is 393 g/mol. The van der Waals surface area contributed by atoms with Crippen LogP contribution in [0.4, 0.5) is 11.4 Å². The molecule has 0 saturated heterocycles. The average molecular weight is 393 g/mol. The van der Waals surface area contributed by atoms with Gasteiger partial charge in [0.05, 0.1) is 9.82 Å². The largest absolute Gasteiger partial charge is 0.452 e. The Kier molecular flexibility index (Phi) is 5.88. The summed E-state index contributed by atoms with van der Waals surface area (Å²) in [6.45, 7) is 0.784. The lowest BCUT2D eigenvalue weighted by Crippen LogP contribution is -2.22. The van der Waals surface area contributed by atoms with Crippen molar-refractivity contribution in [3.63, 3.8) is 0 Å². The highest BCUT2D eigenvalue weighted by molar-refractivity contribution is 7.89. The van der Waals surface area contributed by atoms with E-state index in [1.54, 1.807) is 0 Å². The number of carbonyl (C=O) groups is 2. The van der Waals surface area contributed by atoms with Crippen molar-refractivity contribution in [2.45, 2.75) is 11.8 Å². The molecular weight excluding hydrogens is 378 g/mol. The third kappa shape index (κ3) is 5.09. The summed E-state index contributed by atoms with van der Waals surface area (Å²) in [5, 5.41) is 18.4. The number of carbonyl (C=O) groups excluding carboxylic acids is 2. The van der Waals surface area contributed by atoms with Crippen molar-refractivity contribution in [1.29, 1.82) is 0 Å².